The highest BCUT2D eigenvalue weighted by Crippen LogP contribution is 2.51. The van der Waals surface area contributed by atoms with Crippen molar-refractivity contribution in [3.63, 3.8) is 0 Å². The quantitative estimate of drug-likeness (QED) is 0.0220. The third-order valence-electron chi connectivity index (χ3n) is 25.4. The lowest BCUT2D eigenvalue weighted by atomic mass is 9.62. The molecule has 0 spiro atoms. The standard InChI is InChI=1S/C28H35NO3.C26H34N2O3.C26H33NO.C24H28N2.ClH/c1-8-18(2)17-32-29-25(20-9-11-21(12-10-20)26(30)31)22-16-24-23(15-19(22)3)27(4,5)13-14-28(24,6)7;1-17-15-21-22(26(4,5)12-11-25(21,2)3)16-20(17)23(28-31-14-6-13-27)18-7-9-19(10-8-18)24(29)30;1-8-15-28-27-24(20-11-9-18(2)10-12-20)21-17-23-22(16-19(21)3)25(4,5)13-14-26(23,6)7;1-16-7-9-18(10-8-16)22(26-15-25)19-14-21-20(13-17(19)2)23(3,4)11-12-24(21,5)6;/h8-12,15-16H,13-14,17H2,1-7H3,(H,30,31);7-10,15-16H,6,11-14,27H2,1-5H3,(H,29,30);8-12,16-17H,1,13-15H2,2-7H3;7-10,13-14H,11-12H2,1-6H3;1H/b18-8+,29-25+;28-23+;27-24+;;. The summed E-state index contributed by atoms with van der Waals surface area (Å²) in [6.07, 6.45) is 15.9. The van der Waals surface area contributed by atoms with Gasteiger partial charge in [0.15, 0.2) is 0 Å². The second-order valence-electron chi connectivity index (χ2n) is 38.3. The Kier molecular flexibility index (Phi) is 30.1. The molecule has 0 aliphatic heterocycles. The zero-order chi connectivity index (χ0) is 86.1. The molecule has 0 saturated heterocycles. The highest BCUT2D eigenvalue weighted by molar-refractivity contribution is 6.16. The molecule has 4 aliphatic carbocycles. The molecule has 0 heterocycles. The minimum absolute atomic E-state index is 0. The predicted molar refractivity (Wildman–Crippen MR) is 483 cm³/mol. The fourth-order valence-corrected chi connectivity index (χ4v) is 16.7. The first-order valence-electron chi connectivity index (χ1n) is 41.9. The predicted octanol–water partition coefficient (Wildman–Crippen LogP) is 20.8. The SMILES string of the molecule is C/C=C(\C)CO/N=C(\c1ccc(C(=O)O)cc1)c1cc2c(cc1C)C(C)(C)CCC2(C)C.C=CCO/N=C(\c1ccc(C)cc1)c1cc2c(cc1C)C(C)(C)CCC2(C)C.Cc1cc2c(cc1/C(=N/OCCC[NH3+])c1ccc(C(=O)O)cc1)C(C)(C)CCC2(C)C.Cc1ccc(C(=NC#N)c2cc3c(cc2C)C(C)(C)CCC3(C)C)cc1.[Cl-]. The van der Waals surface area contributed by atoms with E-state index < -0.39 is 11.9 Å². The Morgan fingerprint density at radius 1 is 0.415 bits per heavy atom. The van der Waals surface area contributed by atoms with Crippen molar-refractivity contribution in [3.05, 3.63) is 303 Å². The molecule has 0 amide bonds. The minimum atomic E-state index is -0.941. The normalized spacial score (nSPS) is 17.5. The van der Waals surface area contributed by atoms with Gasteiger partial charge in [0, 0.05) is 50.9 Å². The number of carbonyl (C=O) groups is 2. The second kappa shape index (κ2) is 37.9. The van der Waals surface area contributed by atoms with Crippen molar-refractivity contribution in [3.8, 4) is 6.19 Å². The molecule has 12 rings (SSSR count). The van der Waals surface area contributed by atoms with E-state index in [0.29, 0.717) is 19.8 Å². The first-order chi connectivity index (χ1) is 54.8. The molecule has 0 fully saturated rings. The van der Waals surface area contributed by atoms with E-state index in [9.17, 15) is 25.1 Å². The van der Waals surface area contributed by atoms with E-state index in [1.54, 1.807) is 42.5 Å². The van der Waals surface area contributed by atoms with E-state index in [1.165, 1.54) is 92.4 Å². The number of quaternary nitrogens is 1. The van der Waals surface area contributed by atoms with Crippen LogP contribution in [0, 0.1) is 53.0 Å². The largest absolute Gasteiger partial charge is 1.00 e. The molecule has 13 nitrogen and oxygen atoms in total. The number of aryl methyl sites for hydroxylation is 6. The van der Waals surface area contributed by atoms with Crippen molar-refractivity contribution < 1.29 is 52.5 Å². The maximum atomic E-state index is 11.3. The first-order valence-corrected chi connectivity index (χ1v) is 41.9. The van der Waals surface area contributed by atoms with Gasteiger partial charge in [0.1, 0.15) is 37.0 Å². The van der Waals surface area contributed by atoms with E-state index in [1.807, 2.05) is 38.2 Å². The molecule has 118 heavy (non-hydrogen) atoms. The van der Waals surface area contributed by atoms with Crippen LogP contribution in [0.15, 0.2) is 190 Å². The number of carboxylic acid groups (broad SMARTS) is 2. The van der Waals surface area contributed by atoms with Gasteiger partial charge < -0.3 is 42.9 Å². The van der Waals surface area contributed by atoms with E-state index in [0.717, 1.165) is 123 Å². The topological polar surface area (TPSA) is 203 Å². The Hall–Kier alpha value is -10.0. The summed E-state index contributed by atoms with van der Waals surface area (Å²) in [5.74, 6) is -1.88. The van der Waals surface area contributed by atoms with E-state index in [2.05, 4.69) is 282 Å². The minimum Gasteiger partial charge on any atom is -1.00 e. The van der Waals surface area contributed by atoms with Gasteiger partial charge in [-0.15, -0.1) is 0 Å². The number of carboxylic acids is 2. The maximum Gasteiger partial charge on any atom is 0.335 e. The zero-order valence-corrected chi connectivity index (χ0v) is 75.9. The number of aromatic carboxylic acids is 2. The van der Waals surface area contributed by atoms with Gasteiger partial charge in [-0.25, -0.2) is 9.59 Å². The molecule has 0 saturated carbocycles. The molecule has 8 aromatic carbocycles. The summed E-state index contributed by atoms with van der Waals surface area (Å²) in [6, 6.07) is 49.0. The molecular weight excluding hydrogens is 1480 g/mol. The smallest absolute Gasteiger partial charge is 0.335 e. The van der Waals surface area contributed by atoms with Gasteiger partial charge in [-0.2, -0.15) is 10.3 Å². The van der Waals surface area contributed by atoms with Crippen LogP contribution in [0.3, 0.4) is 0 Å². The monoisotopic (exact) mass is 1610 g/mol. The molecule has 0 atom stereocenters. The molecule has 0 unspecified atom stereocenters. The van der Waals surface area contributed by atoms with E-state index in [-0.39, 0.29) is 66.9 Å². The van der Waals surface area contributed by atoms with Gasteiger partial charge >= 0.3 is 11.9 Å². The number of aliphatic imine (C=N–C) groups is 1. The van der Waals surface area contributed by atoms with Crippen LogP contribution < -0.4 is 18.1 Å². The van der Waals surface area contributed by atoms with Crippen molar-refractivity contribution in [1.82, 2.24) is 0 Å². The Balaban J connectivity index is 0.000000196. The van der Waals surface area contributed by atoms with Crippen molar-refractivity contribution in [2.75, 3.05) is 26.4 Å². The second-order valence-corrected chi connectivity index (χ2v) is 38.3. The van der Waals surface area contributed by atoms with Crippen molar-refractivity contribution in [1.29, 1.82) is 5.26 Å². The molecule has 14 heteroatoms. The third kappa shape index (κ3) is 21.7. The lowest BCUT2D eigenvalue weighted by Crippen LogP contribution is -3.00. The number of halogens is 1. The zero-order valence-electron chi connectivity index (χ0n) is 75.2. The van der Waals surface area contributed by atoms with Crippen LogP contribution in [-0.2, 0) is 57.8 Å². The average molecular weight is 1610 g/mol. The van der Waals surface area contributed by atoms with Crippen molar-refractivity contribution >= 4 is 34.8 Å². The Bertz CT molecular complexity index is 5170. The molecule has 4 aliphatic rings. The van der Waals surface area contributed by atoms with Crippen molar-refractivity contribution in [2.45, 2.75) is 267 Å². The van der Waals surface area contributed by atoms with Gasteiger partial charge in [-0.1, -0.05) is 253 Å². The summed E-state index contributed by atoms with van der Waals surface area (Å²) >= 11 is 0. The highest BCUT2D eigenvalue weighted by Gasteiger charge is 2.42. The third-order valence-corrected chi connectivity index (χ3v) is 25.4. The summed E-state index contributed by atoms with van der Waals surface area (Å²) in [5, 5.41) is 41.4. The molecule has 8 aromatic rings. The summed E-state index contributed by atoms with van der Waals surface area (Å²) in [6.45, 7) is 59.8. The van der Waals surface area contributed by atoms with Gasteiger partial charge in [0.25, 0.3) is 0 Å². The van der Waals surface area contributed by atoms with Crippen LogP contribution >= 0.6 is 0 Å². The summed E-state index contributed by atoms with van der Waals surface area (Å²) in [7, 11) is 0. The fourth-order valence-electron chi connectivity index (χ4n) is 16.7. The number of hydrogen-bond donors (Lipinski definition) is 3. The first kappa shape index (κ1) is 93.5. The van der Waals surface area contributed by atoms with Crippen LogP contribution in [0.1, 0.15) is 326 Å². The number of allylic oxidation sites excluding steroid dienone is 1. The molecule has 0 aromatic heterocycles. The van der Waals surface area contributed by atoms with Gasteiger partial charge in [-0.05, 0) is 271 Å². The van der Waals surface area contributed by atoms with Gasteiger partial charge in [0.05, 0.1) is 23.4 Å². The molecule has 0 radical (unpaired) electrons. The van der Waals surface area contributed by atoms with Gasteiger partial charge in [-0.3, -0.25) is 0 Å². The molecule has 626 valence electrons. The van der Waals surface area contributed by atoms with Crippen LogP contribution in [0.25, 0.3) is 0 Å². The average Bonchev–Trinajstić information content (AvgIpc) is 0.760. The van der Waals surface area contributed by atoms with Crippen LogP contribution in [0.4, 0.5) is 0 Å². The Morgan fingerprint density at radius 2 is 0.661 bits per heavy atom. The number of fused-ring (bicyclic) bond motifs is 4. The number of nitriles is 1. The maximum absolute atomic E-state index is 11.3. The summed E-state index contributed by atoms with van der Waals surface area (Å²) in [4.78, 5) is 43.7. The number of oxime groups is 3. The fraction of sp³-hybridized carbons (Fsp3) is 0.433. The van der Waals surface area contributed by atoms with Gasteiger partial charge in [0.2, 0.25) is 6.19 Å². The highest BCUT2D eigenvalue weighted by atomic mass is 35.5. The van der Waals surface area contributed by atoms with Crippen LogP contribution in [0.2, 0.25) is 0 Å². The molecule has 5 N–H and O–H groups in total. The van der Waals surface area contributed by atoms with Crippen molar-refractivity contribution in [2.24, 2.45) is 20.5 Å². The number of nitrogens with zero attached hydrogens (tertiary/aromatic N) is 5. The molecular formula is C104H131ClN6O7. The molecule has 0 bridgehead atoms. The summed E-state index contributed by atoms with van der Waals surface area (Å²) in [5.41, 5.74) is 36.1. The lowest BCUT2D eigenvalue weighted by molar-refractivity contribution is -0.369. The Labute approximate surface area is 711 Å². The van der Waals surface area contributed by atoms with Crippen LogP contribution in [-0.4, -0.2) is 71.4 Å². The van der Waals surface area contributed by atoms with E-state index in [4.69, 9.17) is 14.5 Å². The van der Waals surface area contributed by atoms with E-state index >= 15 is 0 Å². The Morgan fingerprint density at radius 3 is 0.924 bits per heavy atom. The van der Waals surface area contributed by atoms with Crippen LogP contribution in [0.5, 0.6) is 0 Å². The number of rotatable bonds is 20. The number of hydrogen-bond acceptors (Lipinski definition) is 10. The summed E-state index contributed by atoms with van der Waals surface area (Å²) < 4.78 is 0. The lowest BCUT2D eigenvalue weighted by Gasteiger charge is -2.42. The number of benzene rings is 8.